The van der Waals surface area contributed by atoms with Gasteiger partial charge in [-0.1, -0.05) is 15.9 Å². The molecule has 3 nitrogen and oxygen atoms in total. The van der Waals surface area contributed by atoms with Crippen LogP contribution in [0, 0.1) is 5.92 Å². The van der Waals surface area contributed by atoms with Gasteiger partial charge in [0.15, 0.2) is 9.84 Å². The van der Waals surface area contributed by atoms with Crippen molar-refractivity contribution in [2.24, 2.45) is 5.92 Å². The van der Waals surface area contributed by atoms with Crippen molar-refractivity contribution in [3.05, 3.63) is 0 Å². The number of hydrogen-bond donors (Lipinski definition) is 0. The van der Waals surface area contributed by atoms with Crippen molar-refractivity contribution in [1.29, 1.82) is 0 Å². The molecule has 2 atom stereocenters. The van der Waals surface area contributed by atoms with E-state index in [9.17, 15) is 8.42 Å². The minimum Gasteiger partial charge on any atom is -0.379 e. The summed E-state index contributed by atoms with van der Waals surface area (Å²) in [6.45, 7) is 4.04. The van der Waals surface area contributed by atoms with Gasteiger partial charge in [0.2, 0.25) is 0 Å². The summed E-state index contributed by atoms with van der Waals surface area (Å²) in [6, 6.07) is 0. The van der Waals surface area contributed by atoms with Crippen LogP contribution < -0.4 is 0 Å². The lowest BCUT2D eigenvalue weighted by Crippen LogP contribution is -2.30. The van der Waals surface area contributed by atoms with Crippen molar-refractivity contribution in [3.63, 3.8) is 0 Å². The van der Waals surface area contributed by atoms with Gasteiger partial charge in [0.05, 0.1) is 17.1 Å². The van der Waals surface area contributed by atoms with Crippen LogP contribution in [0.3, 0.4) is 0 Å². The lowest BCUT2D eigenvalue weighted by atomic mass is 9.94. The molecule has 1 fully saturated rings. The molecule has 1 rings (SSSR count). The molecule has 0 amide bonds. The van der Waals surface area contributed by atoms with Gasteiger partial charge in [0, 0.05) is 11.9 Å². The lowest BCUT2D eigenvalue weighted by Gasteiger charge is -2.28. The lowest BCUT2D eigenvalue weighted by molar-refractivity contribution is 0.0131. The normalized spacial score (nSPS) is 27.9. The second kappa shape index (κ2) is 4.72. The number of ether oxygens (including phenoxy) is 1. The Morgan fingerprint density at radius 1 is 1.53 bits per heavy atom. The van der Waals surface area contributed by atoms with E-state index in [-0.39, 0.29) is 16.3 Å². The molecule has 0 saturated carbocycles. The highest BCUT2D eigenvalue weighted by Crippen LogP contribution is 2.32. The predicted octanol–water partition coefficient (Wildman–Crippen LogP) is 2.00. The average Bonchev–Trinajstić information content (AvgIpc) is 2.45. The third-order valence-corrected chi connectivity index (χ3v) is 5.88. The Morgan fingerprint density at radius 3 is 2.53 bits per heavy atom. The molecule has 0 aromatic rings. The zero-order valence-electron chi connectivity index (χ0n) is 9.49. The first-order chi connectivity index (χ1) is 6.76. The molecule has 0 spiro atoms. The van der Waals surface area contributed by atoms with Crippen LogP contribution in [0.5, 0.6) is 0 Å². The Bertz CT molecular complexity index is 311. The fourth-order valence-corrected chi connectivity index (χ4v) is 5.19. The Labute approximate surface area is 101 Å². The van der Waals surface area contributed by atoms with Gasteiger partial charge in [-0.25, -0.2) is 8.42 Å². The van der Waals surface area contributed by atoms with Gasteiger partial charge in [-0.2, -0.15) is 0 Å². The molecule has 1 aliphatic heterocycles. The zero-order valence-corrected chi connectivity index (χ0v) is 11.9. The molecule has 90 valence electrons. The van der Waals surface area contributed by atoms with E-state index >= 15 is 0 Å². The van der Waals surface area contributed by atoms with Crippen LogP contribution in [-0.2, 0) is 14.6 Å². The maximum atomic E-state index is 11.3. The number of alkyl halides is 1. The van der Waals surface area contributed by atoms with Crippen LogP contribution in [0.4, 0.5) is 0 Å². The molecule has 0 aromatic carbocycles. The van der Waals surface area contributed by atoms with E-state index in [0.717, 1.165) is 12.8 Å². The van der Waals surface area contributed by atoms with Crippen LogP contribution >= 0.6 is 15.9 Å². The van der Waals surface area contributed by atoms with Gasteiger partial charge in [-0.3, -0.25) is 0 Å². The Balaban J connectivity index is 2.53. The van der Waals surface area contributed by atoms with E-state index in [4.69, 9.17) is 4.74 Å². The summed E-state index contributed by atoms with van der Waals surface area (Å²) in [6.07, 6.45) is 1.61. The first kappa shape index (κ1) is 13.5. The SMILES string of the molecule is COC(C)(C)CC(Br)C1CCS(=O)(=O)C1. The molecule has 0 aromatic heterocycles. The Morgan fingerprint density at radius 2 is 2.13 bits per heavy atom. The van der Waals surface area contributed by atoms with Gasteiger partial charge in [-0.15, -0.1) is 0 Å². The molecule has 15 heavy (non-hydrogen) atoms. The van der Waals surface area contributed by atoms with E-state index in [1.54, 1.807) is 7.11 Å². The summed E-state index contributed by atoms with van der Waals surface area (Å²) >= 11 is 3.59. The number of rotatable bonds is 4. The Hall–Kier alpha value is 0.390. The fraction of sp³-hybridized carbons (Fsp3) is 1.00. The van der Waals surface area contributed by atoms with Crippen molar-refractivity contribution in [3.8, 4) is 0 Å². The van der Waals surface area contributed by atoms with Crippen LogP contribution in [0.25, 0.3) is 0 Å². The van der Waals surface area contributed by atoms with Gasteiger partial charge in [0.25, 0.3) is 0 Å². The quantitative estimate of drug-likeness (QED) is 0.746. The molecule has 1 aliphatic rings. The summed E-state index contributed by atoms with van der Waals surface area (Å²) in [7, 11) is -1.09. The van der Waals surface area contributed by atoms with Gasteiger partial charge in [-0.05, 0) is 32.6 Å². The summed E-state index contributed by atoms with van der Waals surface area (Å²) < 4.78 is 28.0. The van der Waals surface area contributed by atoms with Crippen molar-refractivity contribution in [1.82, 2.24) is 0 Å². The minimum absolute atomic E-state index is 0.194. The van der Waals surface area contributed by atoms with E-state index < -0.39 is 9.84 Å². The topological polar surface area (TPSA) is 43.4 Å². The second-order valence-electron chi connectivity index (χ2n) is 4.85. The molecule has 2 unspecified atom stereocenters. The van der Waals surface area contributed by atoms with Crippen LogP contribution in [0.1, 0.15) is 26.7 Å². The fourth-order valence-electron chi connectivity index (χ4n) is 1.83. The van der Waals surface area contributed by atoms with Crippen LogP contribution in [0.15, 0.2) is 0 Å². The smallest absolute Gasteiger partial charge is 0.150 e. The van der Waals surface area contributed by atoms with E-state index in [2.05, 4.69) is 15.9 Å². The van der Waals surface area contributed by atoms with Crippen LogP contribution in [-0.4, -0.2) is 37.5 Å². The van der Waals surface area contributed by atoms with E-state index in [1.165, 1.54) is 0 Å². The number of sulfone groups is 1. The highest BCUT2D eigenvalue weighted by atomic mass is 79.9. The van der Waals surface area contributed by atoms with Gasteiger partial charge < -0.3 is 4.74 Å². The van der Waals surface area contributed by atoms with Crippen molar-refractivity contribution >= 4 is 25.8 Å². The third kappa shape index (κ3) is 4.04. The number of methoxy groups -OCH3 is 1. The van der Waals surface area contributed by atoms with Crippen LogP contribution in [0.2, 0.25) is 0 Å². The monoisotopic (exact) mass is 298 g/mol. The third-order valence-electron chi connectivity index (χ3n) is 3.02. The minimum atomic E-state index is -2.77. The first-order valence-electron chi connectivity index (χ1n) is 5.15. The maximum absolute atomic E-state index is 11.3. The van der Waals surface area contributed by atoms with E-state index in [0.29, 0.717) is 11.5 Å². The average molecular weight is 299 g/mol. The standard InChI is InChI=1S/C10H19BrO3S/c1-10(2,14-3)6-9(11)8-4-5-15(12,13)7-8/h8-9H,4-7H2,1-3H3. The first-order valence-corrected chi connectivity index (χ1v) is 7.89. The molecular weight excluding hydrogens is 280 g/mol. The predicted molar refractivity (Wildman–Crippen MR) is 65.2 cm³/mol. The van der Waals surface area contributed by atoms with Gasteiger partial charge in [0.1, 0.15) is 0 Å². The molecule has 5 heteroatoms. The number of hydrogen-bond acceptors (Lipinski definition) is 3. The highest BCUT2D eigenvalue weighted by Gasteiger charge is 2.35. The summed E-state index contributed by atoms with van der Waals surface area (Å²) in [5, 5.41) is 0. The highest BCUT2D eigenvalue weighted by molar-refractivity contribution is 9.09. The Kier molecular flexibility index (Phi) is 4.23. The van der Waals surface area contributed by atoms with E-state index in [1.807, 2.05) is 13.8 Å². The molecule has 0 N–H and O–H groups in total. The molecular formula is C10H19BrO3S. The van der Waals surface area contributed by atoms with Gasteiger partial charge >= 0.3 is 0 Å². The summed E-state index contributed by atoms with van der Waals surface area (Å²) in [5.74, 6) is 0.903. The molecule has 0 radical (unpaired) electrons. The second-order valence-corrected chi connectivity index (χ2v) is 8.25. The largest absolute Gasteiger partial charge is 0.379 e. The summed E-state index contributed by atoms with van der Waals surface area (Å²) in [5.41, 5.74) is -0.194. The summed E-state index contributed by atoms with van der Waals surface area (Å²) in [4.78, 5) is 0.227. The zero-order chi connectivity index (χ0) is 11.7. The van der Waals surface area contributed by atoms with Crippen molar-refractivity contribution in [2.75, 3.05) is 18.6 Å². The molecule has 0 aliphatic carbocycles. The molecule has 1 saturated heterocycles. The van der Waals surface area contributed by atoms with Crippen molar-refractivity contribution < 1.29 is 13.2 Å². The maximum Gasteiger partial charge on any atom is 0.150 e. The van der Waals surface area contributed by atoms with Crippen molar-refractivity contribution in [2.45, 2.75) is 37.1 Å². The number of halogens is 1. The molecule has 0 bridgehead atoms. The molecule has 1 heterocycles.